The summed E-state index contributed by atoms with van der Waals surface area (Å²) in [6.07, 6.45) is 0.0885. The van der Waals surface area contributed by atoms with E-state index in [1.165, 1.54) is 24.3 Å². The summed E-state index contributed by atoms with van der Waals surface area (Å²) < 4.78 is 14.7. The van der Waals surface area contributed by atoms with Crippen LogP contribution < -0.4 is 21.3 Å². The van der Waals surface area contributed by atoms with Crippen LogP contribution in [0.5, 0.6) is 0 Å². The lowest BCUT2D eigenvalue weighted by molar-refractivity contribution is -0.130. The molecule has 0 aliphatic carbocycles. The molecule has 4 N–H and O–H groups in total. The first kappa shape index (κ1) is 21.5. The lowest BCUT2D eigenvalue weighted by Gasteiger charge is -2.35. The van der Waals surface area contributed by atoms with E-state index in [4.69, 9.17) is 0 Å². The van der Waals surface area contributed by atoms with E-state index in [2.05, 4.69) is 26.4 Å². The smallest absolute Gasteiger partial charge is 0.322 e. The molecule has 0 bridgehead atoms. The molecule has 3 unspecified atom stereocenters. The van der Waals surface area contributed by atoms with Crippen LogP contribution in [0.4, 0.5) is 20.7 Å². The summed E-state index contributed by atoms with van der Waals surface area (Å²) >= 11 is 0. The molecular formula is C23H25FN6O2. The van der Waals surface area contributed by atoms with Gasteiger partial charge in [0.25, 0.3) is 0 Å². The van der Waals surface area contributed by atoms with Crippen molar-refractivity contribution in [1.82, 2.24) is 20.4 Å². The topological polar surface area (TPSA) is 100 Å². The number of aromatic nitrogens is 2. The zero-order valence-electron chi connectivity index (χ0n) is 17.8. The summed E-state index contributed by atoms with van der Waals surface area (Å²) in [4.78, 5) is 25.2. The number of anilines is 2. The molecule has 4 rings (SSSR count). The van der Waals surface area contributed by atoms with Crippen LogP contribution in [-0.4, -0.2) is 27.8 Å². The van der Waals surface area contributed by atoms with Crippen molar-refractivity contribution < 1.29 is 14.0 Å². The van der Waals surface area contributed by atoms with Gasteiger partial charge in [0.1, 0.15) is 11.6 Å². The largest absolute Gasteiger partial charge is 0.324 e. The Morgan fingerprint density at radius 1 is 1.12 bits per heavy atom. The summed E-state index contributed by atoms with van der Waals surface area (Å²) in [6, 6.07) is 16.2. The summed E-state index contributed by atoms with van der Waals surface area (Å²) in [5, 5.41) is 16.4. The highest BCUT2D eigenvalue weighted by Gasteiger charge is 2.34. The number of hydrogen-bond acceptors (Lipinski definition) is 4. The predicted molar refractivity (Wildman–Crippen MR) is 120 cm³/mol. The molecule has 166 valence electrons. The average Bonchev–Trinajstić information content (AvgIpc) is 3.19. The van der Waals surface area contributed by atoms with Gasteiger partial charge >= 0.3 is 6.03 Å². The number of carbonyl (C=O) groups is 2. The molecule has 9 heteroatoms. The number of carbonyl (C=O) groups excluding carboxylic acids is 2. The molecule has 3 amide bonds. The van der Waals surface area contributed by atoms with Crippen LogP contribution in [0.3, 0.4) is 0 Å². The van der Waals surface area contributed by atoms with Crippen LogP contribution in [0.25, 0.3) is 11.3 Å². The van der Waals surface area contributed by atoms with Gasteiger partial charge in [0.2, 0.25) is 5.91 Å². The lowest BCUT2D eigenvalue weighted by atomic mass is 9.95. The zero-order chi connectivity index (χ0) is 22.7. The highest BCUT2D eigenvalue weighted by Crippen LogP contribution is 2.26. The molecule has 1 aliphatic rings. The van der Waals surface area contributed by atoms with Crippen molar-refractivity contribution in [3.8, 4) is 11.3 Å². The Hall–Kier alpha value is -3.72. The Morgan fingerprint density at radius 3 is 2.50 bits per heavy atom. The number of rotatable bonds is 5. The Bertz CT molecular complexity index is 1100. The van der Waals surface area contributed by atoms with E-state index >= 15 is 0 Å². The van der Waals surface area contributed by atoms with E-state index < -0.39 is 12.3 Å². The van der Waals surface area contributed by atoms with Gasteiger partial charge in [-0.25, -0.2) is 13.9 Å². The van der Waals surface area contributed by atoms with E-state index in [-0.39, 0.29) is 23.7 Å². The summed E-state index contributed by atoms with van der Waals surface area (Å²) in [6.45, 7) is 3.92. The third-order valence-corrected chi connectivity index (χ3v) is 5.47. The van der Waals surface area contributed by atoms with Gasteiger partial charge in [0.05, 0.1) is 11.6 Å². The Balaban J connectivity index is 1.61. The molecule has 0 spiro atoms. The average molecular weight is 436 g/mol. The quantitative estimate of drug-likeness (QED) is 0.487. The lowest BCUT2D eigenvalue weighted by Crippen LogP contribution is -2.57. The number of halogens is 1. The monoisotopic (exact) mass is 436 g/mol. The molecule has 2 heterocycles. The first-order valence-electron chi connectivity index (χ1n) is 10.5. The number of nitrogens with zero attached hydrogens (tertiary/aromatic N) is 2. The highest BCUT2D eigenvalue weighted by molar-refractivity contribution is 5.99. The van der Waals surface area contributed by atoms with Crippen molar-refractivity contribution in [1.29, 1.82) is 0 Å². The number of amides is 3. The fraction of sp³-hybridized carbons (Fsp3) is 0.261. The molecule has 3 aromatic rings. The zero-order valence-corrected chi connectivity index (χ0v) is 17.8. The fourth-order valence-electron chi connectivity index (χ4n) is 3.79. The molecule has 0 radical (unpaired) electrons. The van der Waals surface area contributed by atoms with Gasteiger partial charge < -0.3 is 10.6 Å². The van der Waals surface area contributed by atoms with Crippen molar-refractivity contribution in [3.63, 3.8) is 0 Å². The number of urea groups is 1. The molecule has 8 nitrogen and oxygen atoms in total. The maximum absolute atomic E-state index is 13.1. The van der Waals surface area contributed by atoms with E-state index in [0.29, 0.717) is 23.6 Å². The van der Waals surface area contributed by atoms with Crippen molar-refractivity contribution in [2.24, 2.45) is 5.92 Å². The second-order valence-corrected chi connectivity index (χ2v) is 7.69. The normalized spacial score (nSPS) is 20.5. The highest BCUT2D eigenvalue weighted by atomic mass is 19.1. The van der Waals surface area contributed by atoms with Gasteiger partial charge in [-0.1, -0.05) is 37.3 Å². The number of hydrogen-bond donors (Lipinski definition) is 4. The first-order chi connectivity index (χ1) is 15.4. The molecule has 1 aliphatic heterocycles. The second kappa shape index (κ2) is 9.19. The molecule has 0 saturated carbocycles. The Kier molecular flexibility index (Phi) is 6.18. The van der Waals surface area contributed by atoms with Crippen molar-refractivity contribution in [2.45, 2.75) is 32.6 Å². The second-order valence-electron chi connectivity index (χ2n) is 7.69. The van der Waals surface area contributed by atoms with Crippen molar-refractivity contribution in [2.75, 3.05) is 10.6 Å². The maximum atomic E-state index is 13.1. The van der Waals surface area contributed by atoms with E-state index in [9.17, 15) is 14.0 Å². The minimum absolute atomic E-state index is 0.0657. The van der Waals surface area contributed by atoms with Crippen LogP contribution in [-0.2, 0) is 4.79 Å². The minimum Gasteiger partial charge on any atom is -0.322 e. The van der Waals surface area contributed by atoms with Crippen LogP contribution in [0, 0.1) is 11.7 Å². The molecule has 2 aromatic carbocycles. The molecule has 1 saturated heterocycles. The van der Waals surface area contributed by atoms with Gasteiger partial charge in [-0.05, 0) is 37.6 Å². The van der Waals surface area contributed by atoms with E-state index in [1.54, 1.807) is 10.7 Å². The standard InChI is InChI=1S/C23H25FN6O2/c1-3-18-14(2)25-22(28-21(18)31)30-20(13-19(29-30)15-7-5-4-6-8-15)27-23(32)26-17-11-9-16(24)10-12-17/h4-14,18,22,25H,3H2,1-2H3,(H,28,31)(H2,26,27,32). The van der Waals surface area contributed by atoms with Gasteiger partial charge in [0.15, 0.2) is 6.29 Å². The van der Waals surface area contributed by atoms with E-state index in [1.807, 2.05) is 44.2 Å². The number of nitrogens with one attached hydrogen (secondary N) is 4. The minimum atomic E-state index is -0.626. The third kappa shape index (κ3) is 4.62. The van der Waals surface area contributed by atoms with Crippen LogP contribution in [0.15, 0.2) is 60.7 Å². The van der Waals surface area contributed by atoms with Crippen molar-refractivity contribution >= 4 is 23.4 Å². The van der Waals surface area contributed by atoms with Gasteiger partial charge in [-0.3, -0.25) is 15.4 Å². The van der Waals surface area contributed by atoms with Crippen LogP contribution in [0.2, 0.25) is 0 Å². The van der Waals surface area contributed by atoms with Gasteiger partial charge in [-0.15, -0.1) is 0 Å². The van der Waals surface area contributed by atoms with Gasteiger partial charge in [0, 0.05) is 23.4 Å². The third-order valence-electron chi connectivity index (χ3n) is 5.47. The maximum Gasteiger partial charge on any atom is 0.324 e. The summed E-state index contributed by atoms with van der Waals surface area (Å²) in [5.41, 5.74) is 1.96. The summed E-state index contributed by atoms with van der Waals surface area (Å²) in [5.74, 6) is -0.209. The molecule has 1 fully saturated rings. The molecule has 3 atom stereocenters. The van der Waals surface area contributed by atoms with Crippen LogP contribution >= 0.6 is 0 Å². The fourth-order valence-corrected chi connectivity index (χ4v) is 3.79. The molecule has 32 heavy (non-hydrogen) atoms. The first-order valence-corrected chi connectivity index (χ1v) is 10.5. The summed E-state index contributed by atoms with van der Waals surface area (Å²) in [7, 11) is 0. The van der Waals surface area contributed by atoms with E-state index in [0.717, 1.165) is 5.56 Å². The predicted octanol–water partition coefficient (Wildman–Crippen LogP) is 3.92. The Morgan fingerprint density at radius 2 is 1.84 bits per heavy atom. The van der Waals surface area contributed by atoms with Gasteiger partial charge in [-0.2, -0.15) is 5.10 Å². The Labute approximate surface area is 185 Å². The van der Waals surface area contributed by atoms with Crippen LogP contribution in [0.1, 0.15) is 26.6 Å². The number of benzene rings is 2. The SMILES string of the molecule is CCC1C(=O)NC(n2nc(-c3ccccc3)cc2NC(=O)Nc2ccc(F)cc2)NC1C. The molecule has 1 aromatic heterocycles. The van der Waals surface area contributed by atoms with Crippen molar-refractivity contribution in [3.05, 3.63) is 66.5 Å². The molecular weight excluding hydrogens is 411 g/mol.